The first kappa shape index (κ1) is 23.9. The number of carbonyl (C=O) groups is 3. The van der Waals surface area contributed by atoms with Gasteiger partial charge in [-0.3, -0.25) is 19.8 Å². The Kier molecular flexibility index (Phi) is 6.90. The zero-order valence-corrected chi connectivity index (χ0v) is 20.1. The van der Waals surface area contributed by atoms with Crippen molar-refractivity contribution in [2.24, 2.45) is 0 Å². The maximum Gasteiger partial charge on any atom is 0.315 e. The van der Waals surface area contributed by atoms with Gasteiger partial charge in [0.05, 0.1) is 0 Å². The highest BCUT2D eigenvalue weighted by atomic mass is 16.3. The second-order valence-corrected chi connectivity index (χ2v) is 9.61. The lowest BCUT2D eigenvalue weighted by molar-refractivity contribution is -0.135. The molecule has 0 radical (unpaired) electrons. The van der Waals surface area contributed by atoms with Gasteiger partial charge >= 0.3 is 6.03 Å². The molecule has 2 aromatic carbocycles. The molecular weight excluding hydrogens is 458 g/mol. The van der Waals surface area contributed by atoms with Crippen LogP contribution in [0.2, 0.25) is 0 Å². The van der Waals surface area contributed by atoms with Gasteiger partial charge in [0.15, 0.2) is 5.88 Å². The Morgan fingerprint density at radius 3 is 2.56 bits per heavy atom. The van der Waals surface area contributed by atoms with Crippen molar-refractivity contribution >= 4 is 28.6 Å². The maximum atomic E-state index is 12.5. The summed E-state index contributed by atoms with van der Waals surface area (Å²) in [4.78, 5) is 38.6. The number of rotatable bonds is 6. The lowest BCUT2D eigenvalue weighted by Crippen LogP contribution is -2.47. The van der Waals surface area contributed by atoms with E-state index in [9.17, 15) is 19.5 Å². The van der Waals surface area contributed by atoms with E-state index >= 15 is 0 Å². The first-order chi connectivity index (χ1) is 17.5. The van der Waals surface area contributed by atoms with Crippen molar-refractivity contribution in [3.63, 3.8) is 0 Å². The van der Waals surface area contributed by atoms with Crippen LogP contribution >= 0.6 is 0 Å². The Hall–Kier alpha value is -3.85. The number of carbonyl (C=O) groups excluding carboxylic acids is 3. The number of nitrogens with one attached hydrogen (secondary N) is 3. The predicted molar refractivity (Wildman–Crippen MR) is 135 cm³/mol. The number of aromatic nitrogens is 1. The second-order valence-electron chi connectivity index (χ2n) is 9.61. The summed E-state index contributed by atoms with van der Waals surface area (Å²) in [6, 6.07) is 15.3. The van der Waals surface area contributed by atoms with E-state index in [0.29, 0.717) is 18.4 Å². The van der Waals surface area contributed by atoms with Gasteiger partial charge in [-0.05, 0) is 42.5 Å². The van der Waals surface area contributed by atoms with E-state index < -0.39 is 11.9 Å². The van der Waals surface area contributed by atoms with E-state index in [2.05, 4.69) is 45.1 Å². The zero-order valence-electron chi connectivity index (χ0n) is 20.1. The van der Waals surface area contributed by atoms with Gasteiger partial charge in [-0.25, -0.2) is 4.79 Å². The van der Waals surface area contributed by atoms with E-state index in [1.54, 1.807) is 12.3 Å². The molecule has 0 spiro atoms. The number of aromatic hydroxyl groups is 1. The van der Waals surface area contributed by atoms with Gasteiger partial charge in [0, 0.05) is 55.6 Å². The Labute approximate surface area is 209 Å². The number of fused-ring (bicyclic) bond motifs is 1. The van der Waals surface area contributed by atoms with Gasteiger partial charge in [-0.15, -0.1) is 0 Å². The molecule has 188 valence electrons. The summed E-state index contributed by atoms with van der Waals surface area (Å²) in [5.41, 5.74) is 2.19. The number of piperidine rings is 2. The summed E-state index contributed by atoms with van der Waals surface area (Å²) in [6.07, 6.45) is 4.13. The number of hydrogen-bond acceptors (Lipinski definition) is 5. The molecule has 4 N–H and O–H groups in total. The first-order valence-electron chi connectivity index (χ1n) is 12.4. The fourth-order valence-electron chi connectivity index (χ4n) is 5.06. The first-order valence-corrected chi connectivity index (χ1v) is 12.4. The molecule has 5 rings (SSSR count). The average molecular weight is 490 g/mol. The van der Waals surface area contributed by atoms with Gasteiger partial charge in [-0.1, -0.05) is 36.4 Å². The monoisotopic (exact) mass is 489 g/mol. The van der Waals surface area contributed by atoms with Crippen LogP contribution in [-0.4, -0.2) is 51.6 Å². The van der Waals surface area contributed by atoms with Gasteiger partial charge in [0.1, 0.15) is 6.04 Å². The van der Waals surface area contributed by atoms with Crippen LogP contribution < -0.4 is 16.0 Å². The standard InChI is InChI=1S/C27H31N5O4/c33-24-9-8-23(25(34)30-24)32-17-20-14-19(6-7-22(20)26(32)35)15-28-27(36)29-21-10-12-31(13-11-21)16-18-4-2-1-3-5-18/h1-7,14,17,21,23,35H,8-13,15-16H2,(H2,28,29,36)(H,30,33,34). The van der Waals surface area contributed by atoms with Crippen LogP contribution in [0.5, 0.6) is 5.88 Å². The van der Waals surface area contributed by atoms with E-state index in [-0.39, 0.29) is 30.3 Å². The molecule has 1 unspecified atom stereocenters. The molecule has 3 heterocycles. The Balaban J connectivity index is 1.12. The number of imide groups is 1. The molecule has 0 aliphatic carbocycles. The van der Waals surface area contributed by atoms with Crippen molar-refractivity contribution in [3.05, 3.63) is 65.9 Å². The third-order valence-corrected chi connectivity index (χ3v) is 7.05. The highest BCUT2D eigenvalue weighted by Gasteiger charge is 2.30. The highest BCUT2D eigenvalue weighted by molar-refractivity contribution is 6.00. The maximum absolute atomic E-state index is 12.5. The Bertz CT molecular complexity index is 1260. The normalized spacial score (nSPS) is 19.3. The lowest BCUT2D eigenvalue weighted by Gasteiger charge is -2.32. The fourth-order valence-corrected chi connectivity index (χ4v) is 5.06. The number of nitrogens with zero attached hydrogens (tertiary/aromatic N) is 2. The van der Waals surface area contributed by atoms with Crippen LogP contribution in [0, 0.1) is 0 Å². The summed E-state index contributed by atoms with van der Waals surface area (Å²) >= 11 is 0. The minimum atomic E-state index is -0.624. The van der Waals surface area contributed by atoms with Crippen molar-refractivity contribution < 1.29 is 19.5 Å². The Morgan fingerprint density at radius 2 is 1.81 bits per heavy atom. The number of amides is 4. The Morgan fingerprint density at radius 1 is 1.03 bits per heavy atom. The number of benzene rings is 2. The summed E-state index contributed by atoms with van der Waals surface area (Å²) in [5.74, 6) is -0.710. The van der Waals surface area contributed by atoms with Crippen molar-refractivity contribution in [1.82, 2.24) is 25.4 Å². The lowest BCUT2D eigenvalue weighted by atomic mass is 10.0. The summed E-state index contributed by atoms with van der Waals surface area (Å²) in [6.45, 7) is 3.18. The van der Waals surface area contributed by atoms with E-state index in [0.717, 1.165) is 43.4 Å². The molecule has 1 atom stereocenters. The molecule has 2 saturated heterocycles. The summed E-state index contributed by atoms with van der Waals surface area (Å²) < 4.78 is 1.51. The second kappa shape index (κ2) is 10.4. The van der Waals surface area contributed by atoms with Crippen molar-refractivity contribution in [1.29, 1.82) is 0 Å². The van der Waals surface area contributed by atoms with Crippen molar-refractivity contribution in [2.75, 3.05) is 13.1 Å². The molecule has 4 amide bonds. The molecule has 9 heteroatoms. The van der Waals surface area contributed by atoms with Crippen molar-refractivity contribution in [3.8, 4) is 5.88 Å². The SMILES string of the molecule is O=C1CCC(n2cc3cc(CNC(=O)NC4CCN(Cc5ccccc5)CC4)ccc3c2O)C(=O)N1. The zero-order chi connectivity index (χ0) is 25.1. The molecular formula is C27H31N5O4. The van der Waals surface area contributed by atoms with E-state index in [1.807, 2.05) is 18.2 Å². The predicted octanol–water partition coefficient (Wildman–Crippen LogP) is 2.79. The van der Waals surface area contributed by atoms with Crippen LogP contribution in [-0.2, 0) is 22.7 Å². The number of likely N-dealkylation sites (tertiary alicyclic amines) is 1. The molecule has 2 fully saturated rings. The van der Waals surface area contributed by atoms with Crippen LogP contribution in [0.1, 0.15) is 42.9 Å². The average Bonchev–Trinajstić information content (AvgIpc) is 3.20. The summed E-state index contributed by atoms with van der Waals surface area (Å²) in [7, 11) is 0. The molecule has 36 heavy (non-hydrogen) atoms. The highest BCUT2D eigenvalue weighted by Crippen LogP contribution is 2.33. The molecule has 1 aromatic heterocycles. The molecule has 3 aromatic rings. The number of hydrogen-bond donors (Lipinski definition) is 4. The van der Waals surface area contributed by atoms with Crippen molar-refractivity contribution in [2.45, 2.75) is 50.9 Å². The molecule has 9 nitrogen and oxygen atoms in total. The van der Waals surface area contributed by atoms with E-state index in [1.165, 1.54) is 10.1 Å². The number of urea groups is 1. The third-order valence-electron chi connectivity index (χ3n) is 7.05. The van der Waals surface area contributed by atoms with Gasteiger partial charge < -0.3 is 20.3 Å². The van der Waals surface area contributed by atoms with Gasteiger partial charge in [0.25, 0.3) is 0 Å². The van der Waals surface area contributed by atoms with Crippen LogP contribution in [0.15, 0.2) is 54.7 Å². The van der Waals surface area contributed by atoms with Crippen LogP contribution in [0.4, 0.5) is 4.79 Å². The fraction of sp³-hybridized carbons (Fsp3) is 0.370. The van der Waals surface area contributed by atoms with Crippen LogP contribution in [0.25, 0.3) is 10.8 Å². The molecule has 0 bridgehead atoms. The third kappa shape index (κ3) is 5.36. The molecule has 2 aliphatic rings. The smallest absolute Gasteiger partial charge is 0.315 e. The van der Waals surface area contributed by atoms with E-state index in [4.69, 9.17) is 0 Å². The van der Waals surface area contributed by atoms with Gasteiger partial charge in [-0.2, -0.15) is 0 Å². The minimum Gasteiger partial charge on any atom is -0.494 e. The molecule has 0 saturated carbocycles. The topological polar surface area (TPSA) is 116 Å². The largest absolute Gasteiger partial charge is 0.494 e. The molecule has 2 aliphatic heterocycles. The summed E-state index contributed by atoms with van der Waals surface area (Å²) in [5, 5.41) is 20.3. The van der Waals surface area contributed by atoms with Gasteiger partial charge in [0.2, 0.25) is 11.8 Å². The van der Waals surface area contributed by atoms with Crippen LogP contribution in [0.3, 0.4) is 0 Å². The minimum absolute atomic E-state index is 0.00430. The quantitative estimate of drug-likeness (QED) is 0.398.